The highest BCUT2D eigenvalue weighted by molar-refractivity contribution is 6.00. The zero-order valence-electron chi connectivity index (χ0n) is 22.3. The molecule has 12 heteroatoms. The molecule has 1 heterocycles. The fraction of sp³-hybridized carbons (Fsp3) is 0.276. The van der Waals surface area contributed by atoms with Gasteiger partial charge in [-0.15, -0.1) is 0 Å². The summed E-state index contributed by atoms with van der Waals surface area (Å²) in [7, 11) is 4.96. The van der Waals surface area contributed by atoms with E-state index in [2.05, 4.69) is 9.97 Å². The second-order valence-corrected chi connectivity index (χ2v) is 9.70. The summed E-state index contributed by atoms with van der Waals surface area (Å²) in [6.07, 6.45) is -8.60. The van der Waals surface area contributed by atoms with E-state index in [0.29, 0.717) is 29.8 Å². The van der Waals surface area contributed by atoms with Crippen molar-refractivity contribution in [2.24, 2.45) is 0 Å². The van der Waals surface area contributed by atoms with Crippen LogP contribution in [0.5, 0.6) is 6.01 Å². The molecule has 0 spiro atoms. The van der Waals surface area contributed by atoms with Crippen LogP contribution in [0.2, 0.25) is 0 Å². The minimum atomic E-state index is -5.01. The minimum Gasteiger partial charge on any atom is -0.462 e. The SMILES string of the molecule is CN(C)CCOc1ncc(-c2ccc3ccccc3c2)c(C(=O)N(C)Cc2cc(C(F)(F)F)cc(C(F)(F)F)c2)n1. The lowest BCUT2D eigenvalue weighted by atomic mass is 10.0. The number of nitrogens with zero attached hydrogens (tertiary/aromatic N) is 4. The lowest BCUT2D eigenvalue weighted by Crippen LogP contribution is -2.28. The van der Waals surface area contributed by atoms with E-state index in [-0.39, 0.29) is 29.9 Å². The monoisotopic (exact) mass is 576 g/mol. The Morgan fingerprint density at radius 1 is 0.854 bits per heavy atom. The molecule has 4 aromatic rings. The van der Waals surface area contributed by atoms with Crippen molar-refractivity contribution in [3.05, 3.63) is 89.2 Å². The molecular formula is C29H26F6N4O2. The molecule has 0 bridgehead atoms. The Kier molecular flexibility index (Phi) is 8.52. The Labute approximate surface area is 232 Å². The molecule has 0 unspecified atom stereocenters. The van der Waals surface area contributed by atoms with Gasteiger partial charge in [0.25, 0.3) is 5.91 Å². The molecule has 0 aliphatic heterocycles. The van der Waals surface area contributed by atoms with Gasteiger partial charge in [0.1, 0.15) is 12.3 Å². The second kappa shape index (κ2) is 11.7. The predicted octanol–water partition coefficient (Wildman–Crippen LogP) is 6.55. The average molecular weight is 577 g/mol. The van der Waals surface area contributed by atoms with Gasteiger partial charge in [0.2, 0.25) is 0 Å². The smallest absolute Gasteiger partial charge is 0.416 e. The van der Waals surface area contributed by atoms with Crippen LogP contribution >= 0.6 is 0 Å². The minimum absolute atomic E-state index is 0.0465. The molecule has 1 aromatic heterocycles. The zero-order valence-corrected chi connectivity index (χ0v) is 22.3. The number of carbonyl (C=O) groups excluding carboxylic acids is 1. The van der Waals surface area contributed by atoms with Gasteiger partial charge in [0, 0.05) is 31.9 Å². The zero-order chi connectivity index (χ0) is 29.9. The first-order valence-electron chi connectivity index (χ1n) is 12.4. The standard InChI is InChI=1S/C29H26F6N4O2/c1-38(2)10-11-41-27-36-16-24(21-9-8-19-6-4-5-7-20(19)14-21)25(37-27)26(40)39(3)17-18-12-22(28(30,31)32)15-23(13-18)29(33,34)35/h4-9,12-16H,10-11,17H2,1-3H3. The van der Waals surface area contributed by atoms with Crippen molar-refractivity contribution in [3.63, 3.8) is 0 Å². The molecule has 3 aromatic carbocycles. The van der Waals surface area contributed by atoms with Crippen LogP contribution in [-0.4, -0.2) is 60.0 Å². The molecule has 0 aliphatic rings. The fourth-order valence-corrected chi connectivity index (χ4v) is 4.12. The molecular weight excluding hydrogens is 550 g/mol. The van der Waals surface area contributed by atoms with Gasteiger partial charge in [-0.25, -0.2) is 4.98 Å². The topological polar surface area (TPSA) is 58.6 Å². The van der Waals surface area contributed by atoms with Gasteiger partial charge in [-0.1, -0.05) is 36.4 Å². The van der Waals surface area contributed by atoms with Gasteiger partial charge in [-0.3, -0.25) is 4.79 Å². The molecule has 0 fully saturated rings. The van der Waals surface area contributed by atoms with Crippen molar-refractivity contribution in [3.8, 4) is 17.1 Å². The van der Waals surface area contributed by atoms with E-state index < -0.39 is 35.9 Å². The fourth-order valence-electron chi connectivity index (χ4n) is 4.12. The van der Waals surface area contributed by atoms with E-state index in [0.717, 1.165) is 15.7 Å². The summed E-state index contributed by atoms with van der Waals surface area (Å²) >= 11 is 0. The summed E-state index contributed by atoms with van der Waals surface area (Å²) in [6, 6.07) is 14.1. The van der Waals surface area contributed by atoms with Gasteiger partial charge in [0.05, 0.1) is 11.1 Å². The summed E-state index contributed by atoms with van der Waals surface area (Å²) in [5.41, 5.74) is -2.45. The number of rotatable bonds is 8. The van der Waals surface area contributed by atoms with Crippen molar-refractivity contribution in [1.29, 1.82) is 0 Å². The summed E-state index contributed by atoms with van der Waals surface area (Å²) < 4.78 is 85.8. The Bertz CT molecular complexity index is 1520. The van der Waals surface area contributed by atoms with Crippen LogP contribution in [0, 0.1) is 0 Å². The van der Waals surface area contributed by atoms with Gasteiger partial charge in [-0.2, -0.15) is 31.3 Å². The molecule has 0 atom stereocenters. The van der Waals surface area contributed by atoms with Crippen LogP contribution < -0.4 is 4.74 Å². The number of likely N-dealkylation sites (N-methyl/N-ethyl adjacent to an activating group) is 1. The quantitative estimate of drug-likeness (QED) is 0.223. The predicted molar refractivity (Wildman–Crippen MR) is 141 cm³/mol. The molecule has 1 amide bonds. The Morgan fingerprint density at radius 3 is 2.10 bits per heavy atom. The first kappa shape index (κ1) is 29.8. The average Bonchev–Trinajstić information content (AvgIpc) is 2.91. The van der Waals surface area contributed by atoms with E-state index in [1.807, 2.05) is 55.4 Å². The summed E-state index contributed by atoms with van der Waals surface area (Å²) in [4.78, 5) is 25.0. The lowest BCUT2D eigenvalue weighted by Gasteiger charge is -2.21. The summed E-state index contributed by atoms with van der Waals surface area (Å²) in [5.74, 6) is -0.737. The maximum atomic E-state index is 13.6. The van der Waals surface area contributed by atoms with Gasteiger partial charge in [-0.05, 0) is 60.3 Å². The van der Waals surface area contributed by atoms with Gasteiger partial charge in [0.15, 0.2) is 0 Å². The van der Waals surface area contributed by atoms with Crippen molar-refractivity contribution < 1.29 is 35.9 Å². The number of fused-ring (bicyclic) bond motifs is 1. The summed E-state index contributed by atoms with van der Waals surface area (Å²) in [5, 5.41) is 1.84. The van der Waals surface area contributed by atoms with E-state index in [1.165, 1.54) is 13.2 Å². The number of hydrogen-bond acceptors (Lipinski definition) is 5. The molecule has 41 heavy (non-hydrogen) atoms. The highest BCUT2D eigenvalue weighted by Crippen LogP contribution is 2.37. The normalized spacial score (nSPS) is 12.1. The third-order valence-corrected chi connectivity index (χ3v) is 6.21. The van der Waals surface area contributed by atoms with Crippen LogP contribution in [0.4, 0.5) is 26.3 Å². The Hall–Kier alpha value is -4.19. The summed E-state index contributed by atoms with van der Waals surface area (Å²) in [6.45, 7) is 0.218. The number of carbonyl (C=O) groups is 1. The third kappa shape index (κ3) is 7.31. The van der Waals surface area contributed by atoms with Gasteiger partial charge >= 0.3 is 18.4 Å². The number of hydrogen-bond donors (Lipinski definition) is 0. The number of amides is 1. The number of alkyl halides is 6. The molecule has 0 N–H and O–H groups in total. The van der Waals surface area contributed by atoms with Crippen molar-refractivity contribution in [2.75, 3.05) is 34.3 Å². The highest BCUT2D eigenvalue weighted by Gasteiger charge is 2.37. The van der Waals surface area contributed by atoms with E-state index in [9.17, 15) is 31.1 Å². The molecule has 0 saturated carbocycles. The maximum Gasteiger partial charge on any atom is 0.416 e. The van der Waals surface area contributed by atoms with Crippen molar-refractivity contribution in [1.82, 2.24) is 19.8 Å². The molecule has 4 rings (SSSR count). The number of benzene rings is 3. The van der Waals surface area contributed by atoms with Crippen molar-refractivity contribution in [2.45, 2.75) is 18.9 Å². The molecule has 0 aliphatic carbocycles. The first-order valence-corrected chi connectivity index (χ1v) is 12.4. The van der Waals surface area contributed by atoms with Crippen LogP contribution in [0.1, 0.15) is 27.2 Å². The first-order chi connectivity index (χ1) is 19.2. The van der Waals surface area contributed by atoms with Crippen molar-refractivity contribution >= 4 is 16.7 Å². The molecule has 6 nitrogen and oxygen atoms in total. The number of ether oxygens (including phenoxy) is 1. The van der Waals surface area contributed by atoms with E-state index in [1.54, 1.807) is 6.07 Å². The number of aromatic nitrogens is 2. The van der Waals surface area contributed by atoms with Crippen LogP contribution in [0.3, 0.4) is 0 Å². The third-order valence-electron chi connectivity index (χ3n) is 6.21. The maximum absolute atomic E-state index is 13.6. The lowest BCUT2D eigenvalue weighted by molar-refractivity contribution is -0.143. The second-order valence-electron chi connectivity index (χ2n) is 9.70. The number of halogens is 6. The van der Waals surface area contributed by atoms with Crippen LogP contribution in [0.15, 0.2) is 66.9 Å². The molecule has 0 radical (unpaired) electrons. The Balaban J connectivity index is 1.72. The largest absolute Gasteiger partial charge is 0.462 e. The van der Waals surface area contributed by atoms with E-state index in [4.69, 9.17) is 4.74 Å². The molecule has 0 saturated heterocycles. The molecule has 216 valence electrons. The van der Waals surface area contributed by atoms with Gasteiger partial charge < -0.3 is 14.5 Å². The van der Waals surface area contributed by atoms with Crippen LogP contribution in [0.25, 0.3) is 21.9 Å². The van der Waals surface area contributed by atoms with Crippen LogP contribution in [-0.2, 0) is 18.9 Å². The Morgan fingerprint density at radius 2 is 1.49 bits per heavy atom. The highest BCUT2D eigenvalue weighted by atomic mass is 19.4. The van der Waals surface area contributed by atoms with E-state index >= 15 is 0 Å².